The Balaban J connectivity index is 1.69. The summed E-state index contributed by atoms with van der Waals surface area (Å²) < 4.78 is 18.6. The van der Waals surface area contributed by atoms with Crippen molar-refractivity contribution in [1.29, 1.82) is 0 Å². The van der Waals surface area contributed by atoms with Crippen molar-refractivity contribution >= 4 is 0 Å². The molecule has 1 aliphatic carbocycles. The van der Waals surface area contributed by atoms with E-state index in [2.05, 4.69) is 0 Å². The number of rotatable bonds is 5. The molecular formula is C17H17FO2. The Hall–Kier alpha value is -1.87. The average molecular weight is 272 g/mol. The Kier molecular flexibility index (Phi) is 3.70. The minimum atomic E-state index is -0.608. The fraction of sp³-hybridized carbons (Fsp3) is 0.294. The van der Waals surface area contributed by atoms with Gasteiger partial charge in [-0.2, -0.15) is 0 Å². The summed E-state index contributed by atoms with van der Waals surface area (Å²) in [7, 11) is 0. The van der Waals surface area contributed by atoms with Gasteiger partial charge in [-0.25, -0.2) is 4.39 Å². The molecule has 3 heteroatoms. The molecule has 2 aromatic rings. The average Bonchev–Trinajstić information content (AvgIpc) is 3.25. The molecule has 0 amide bonds. The number of aliphatic hydroxyl groups excluding tert-OH is 1. The zero-order valence-corrected chi connectivity index (χ0v) is 11.1. The summed E-state index contributed by atoms with van der Waals surface area (Å²) in [5.41, 5.74) is 1.74. The molecule has 1 saturated carbocycles. The van der Waals surface area contributed by atoms with Crippen molar-refractivity contribution in [3.8, 4) is 5.75 Å². The quantitative estimate of drug-likeness (QED) is 0.900. The monoisotopic (exact) mass is 272 g/mol. The van der Waals surface area contributed by atoms with Gasteiger partial charge in [0.05, 0.1) is 12.2 Å². The third-order valence-corrected chi connectivity index (χ3v) is 3.41. The van der Waals surface area contributed by atoms with E-state index in [1.807, 2.05) is 24.3 Å². The van der Waals surface area contributed by atoms with Crippen molar-refractivity contribution in [1.82, 2.24) is 0 Å². The topological polar surface area (TPSA) is 29.5 Å². The van der Waals surface area contributed by atoms with E-state index in [0.29, 0.717) is 12.5 Å². The highest BCUT2D eigenvalue weighted by Crippen LogP contribution is 2.29. The van der Waals surface area contributed by atoms with Gasteiger partial charge in [0.25, 0.3) is 0 Å². The van der Waals surface area contributed by atoms with E-state index < -0.39 is 6.10 Å². The van der Waals surface area contributed by atoms with Crippen molar-refractivity contribution < 1.29 is 14.2 Å². The summed E-state index contributed by atoms with van der Waals surface area (Å²) in [6, 6.07) is 13.8. The molecule has 2 aromatic carbocycles. The van der Waals surface area contributed by atoms with Crippen LogP contribution in [0.3, 0.4) is 0 Å². The van der Waals surface area contributed by atoms with Crippen LogP contribution in [-0.4, -0.2) is 11.2 Å². The SMILES string of the molecule is OC(Cc1ccc(F)cc1)c1cccc(OC2CC2)c1. The molecule has 0 bridgehead atoms. The highest BCUT2D eigenvalue weighted by atomic mass is 19.1. The van der Waals surface area contributed by atoms with Crippen LogP contribution in [0.5, 0.6) is 5.75 Å². The highest BCUT2D eigenvalue weighted by Gasteiger charge is 2.23. The zero-order valence-electron chi connectivity index (χ0n) is 11.1. The Morgan fingerprint density at radius 1 is 1.15 bits per heavy atom. The van der Waals surface area contributed by atoms with E-state index in [0.717, 1.165) is 29.7 Å². The first-order chi connectivity index (χ1) is 9.70. The van der Waals surface area contributed by atoms with Crippen LogP contribution in [0, 0.1) is 5.82 Å². The molecule has 1 fully saturated rings. The molecule has 0 spiro atoms. The Morgan fingerprint density at radius 3 is 2.60 bits per heavy atom. The molecular weight excluding hydrogens is 255 g/mol. The molecule has 20 heavy (non-hydrogen) atoms. The maximum atomic E-state index is 12.8. The van der Waals surface area contributed by atoms with Crippen LogP contribution in [0.1, 0.15) is 30.1 Å². The predicted octanol–water partition coefficient (Wildman–Crippen LogP) is 3.64. The van der Waals surface area contributed by atoms with Gasteiger partial charge in [-0.3, -0.25) is 0 Å². The fourth-order valence-electron chi connectivity index (χ4n) is 2.14. The molecule has 104 valence electrons. The number of aliphatic hydroxyl groups is 1. The number of halogens is 1. The van der Waals surface area contributed by atoms with Gasteiger partial charge >= 0.3 is 0 Å². The van der Waals surface area contributed by atoms with Crippen molar-refractivity contribution in [2.45, 2.75) is 31.5 Å². The molecule has 1 unspecified atom stereocenters. The molecule has 2 nitrogen and oxygen atoms in total. The van der Waals surface area contributed by atoms with Crippen LogP contribution in [-0.2, 0) is 6.42 Å². The lowest BCUT2D eigenvalue weighted by molar-refractivity contribution is 0.177. The van der Waals surface area contributed by atoms with Gasteiger partial charge in [0.15, 0.2) is 0 Å². The lowest BCUT2D eigenvalue weighted by Crippen LogP contribution is -2.03. The van der Waals surface area contributed by atoms with Gasteiger partial charge in [-0.05, 0) is 48.2 Å². The Morgan fingerprint density at radius 2 is 1.90 bits per heavy atom. The van der Waals surface area contributed by atoms with E-state index in [1.54, 1.807) is 12.1 Å². The first-order valence-electron chi connectivity index (χ1n) is 6.90. The Bertz CT molecular complexity index is 576. The first kappa shape index (κ1) is 13.1. The normalized spacial score (nSPS) is 15.9. The van der Waals surface area contributed by atoms with Crippen LogP contribution in [0.2, 0.25) is 0 Å². The molecule has 0 aromatic heterocycles. The number of hydrogen-bond donors (Lipinski definition) is 1. The van der Waals surface area contributed by atoms with E-state index in [1.165, 1.54) is 12.1 Å². The van der Waals surface area contributed by atoms with Gasteiger partial charge in [-0.1, -0.05) is 24.3 Å². The molecule has 0 aliphatic heterocycles. The second kappa shape index (κ2) is 5.63. The van der Waals surface area contributed by atoms with Gasteiger partial charge < -0.3 is 9.84 Å². The van der Waals surface area contributed by atoms with E-state index in [9.17, 15) is 9.50 Å². The summed E-state index contributed by atoms with van der Waals surface area (Å²) in [5.74, 6) is 0.547. The van der Waals surface area contributed by atoms with Crippen LogP contribution in [0.25, 0.3) is 0 Å². The lowest BCUT2D eigenvalue weighted by atomic mass is 10.0. The highest BCUT2D eigenvalue weighted by molar-refractivity contribution is 5.31. The Labute approximate surface area is 117 Å². The second-order valence-electron chi connectivity index (χ2n) is 5.24. The lowest BCUT2D eigenvalue weighted by Gasteiger charge is -2.13. The number of hydrogen-bond acceptors (Lipinski definition) is 2. The minimum absolute atomic E-state index is 0.261. The minimum Gasteiger partial charge on any atom is -0.490 e. The molecule has 1 N–H and O–H groups in total. The van der Waals surface area contributed by atoms with Crippen molar-refractivity contribution in [2.75, 3.05) is 0 Å². The van der Waals surface area contributed by atoms with Gasteiger partial charge in [0.1, 0.15) is 11.6 Å². The fourth-order valence-corrected chi connectivity index (χ4v) is 2.14. The third kappa shape index (κ3) is 3.36. The van der Waals surface area contributed by atoms with Crippen LogP contribution >= 0.6 is 0 Å². The largest absolute Gasteiger partial charge is 0.490 e. The summed E-state index contributed by atoms with van der Waals surface area (Å²) in [4.78, 5) is 0. The van der Waals surface area contributed by atoms with E-state index in [4.69, 9.17) is 4.74 Å². The third-order valence-electron chi connectivity index (χ3n) is 3.41. The molecule has 1 aliphatic rings. The number of ether oxygens (including phenoxy) is 1. The summed E-state index contributed by atoms with van der Waals surface area (Å²) in [6.07, 6.45) is 2.43. The number of benzene rings is 2. The summed E-state index contributed by atoms with van der Waals surface area (Å²) >= 11 is 0. The van der Waals surface area contributed by atoms with Gasteiger partial charge in [-0.15, -0.1) is 0 Å². The van der Waals surface area contributed by atoms with Crippen molar-refractivity contribution in [3.63, 3.8) is 0 Å². The standard InChI is InChI=1S/C17H17FO2/c18-14-6-4-12(5-7-14)10-17(19)13-2-1-3-16(11-13)20-15-8-9-15/h1-7,11,15,17,19H,8-10H2. The van der Waals surface area contributed by atoms with Crippen LogP contribution in [0.4, 0.5) is 4.39 Å². The summed E-state index contributed by atoms with van der Waals surface area (Å²) in [6.45, 7) is 0. The van der Waals surface area contributed by atoms with Crippen molar-refractivity contribution in [2.24, 2.45) is 0 Å². The maximum absolute atomic E-state index is 12.8. The second-order valence-corrected chi connectivity index (χ2v) is 5.24. The molecule has 0 radical (unpaired) electrons. The molecule has 0 saturated heterocycles. The van der Waals surface area contributed by atoms with Crippen LogP contribution < -0.4 is 4.74 Å². The van der Waals surface area contributed by atoms with E-state index >= 15 is 0 Å². The van der Waals surface area contributed by atoms with Gasteiger partial charge in [0, 0.05) is 6.42 Å². The molecule has 0 heterocycles. The zero-order chi connectivity index (χ0) is 13.9. The van der Waals surface area contributed by atoms with Crippen molar-refractivity contribution in [3.05, 3.63) is 65.5 Å². The first-order valence-corrected chi connectivity index (χ1v) is 6.90. The molecule has 1 atom stereocenters. The summed E-state index contributed by atoms with van der Waals surface area (Å²) in [5, 5.41) is 10.3. The smallest absolute Gasteiger partial charge is 0.123 e. The maximum Gasteiger partial charge on any atom is 0.123 e. The van der Waals surface area contributed by atoms with E-state index in [-0.39, 0.29) is 5.82 Å². The van der Waals surface area contributed by atoms with Gasteiger partial charge in [0.2, 0.25) is 0 Å². The molecule has 3 rings (SSSR count). The predicted molar refractivity (Wildman–Crippen MR) is 75.2 cm³/mol. The van der Waals surface area contributed by atoms with Crippen LogP contribution in [0.15, 0.2) is 48.5 Å².